The van der Waals surface area contributed by atoms with Gasteiger partial charge < -0.3 is 0 Å². The lowest BCUT2D eigenvalue weighted by atomic mass is 9.80. The zero-order valence-corrected chi connectivity index (χ0v) is 21.8. The maximum absolute atomic E-state index is 6.68. The fourth-order valence-electron chi connectivity index (χ4n) is 5.26. The van der Waals surface area contributed by atoms with Gasteiger partial charge in [0.2, 0.25) is 0 Å². The van der Waals surface area contributed by atoms with E-state index in [2.05, 4.69) is 75.9 Å². The number of benzene rings is 2. The van der Waals surface area contributed by atoms with Gasteiger partial charge in [-0.05, 0) is 75.9 Å². The van der Waals surface area contributed by atoms with Crippen molar-refractivity contribution in [2.75, 3.05) is 26.2 Å². The molecular formula is C24H31Cl2IN4. The summed E-state index contributed by atoms with van der Waals surface area (Å²) in [6.45, 7) is 8.11. The average Bonchev–Trinajstić information content (AvgIpc) is 3.43. The minimum absolute atomic E-state index is 0.357. The molecule has 0 bridgehead atoms. The highest BCUT2D eigenvalue weighted by Gasteiger charge is 2.55. The molecule has 4 rings (SSSR count). The third-order valence-corrected chi connectivity index (χ3v) is 8.56. The molecule has 0 radical (unpaired) electrons. The molecule has 2 saturated heterocycles. The van der Waals surface area contributed by atoms with E-state index in [1.807, 2.05) is 12.1 Å². The van der Waals surface area contributed by atoms with E-state index in [-0.39, 0.29) is 11.3 Å². The Balaban J connectivity index is 1.81. The van der Waals surface area contributed by atoms with Crippen LogP contribution in [0.1, 0.15) is 36.1 Å². The van der Waals surface area contributed by atoms with Gasteiger partial charge in [0.25, 0.3) is 0 Å². The van der Waals surface area contributed by atoms with E-state index in [9.17, 15) is 0 Å². The smallest absolute Gasteiger partial charge is 0.106 e. The SMILES string of the molecule is CCc1ccc(Cl)c(CC)c1CC1(C2(Cc3c(Cl)cccc3I)NCCN2)NCCN1. The molecular weight excluding hydrogens is 542 g/mol. The van der Waals surface area contributed by atoms with E-state index >= 15 is 0 Å². The lowest BCUT2D eigenvalue weighted by molar-refractivity contribution is 0.117. The number of halogens is 3. The number of hydrogen-bond donors (Lipinski definition) is 4. The van der Waals surface area contributed by atoms with Gasteiger partial charge >= 0.3 is 0 Å². The van der Waals surface area contributed by atoms with Crippen LogP contribution in [0.4, 0.5) is 0 Å². The van der Waals surface area contributed by atoms with Crippen LogP contribution in [0.5, 0.6) is 0 Å². The van der Waals surface area contributed by atoms with Crippen molar-refractivity contribution < 1.29 is 0 Å². The highest BCUT2D eigenvalue weighted by atomic mass is 127. The summed E-state index contributed by atoms with van der Waals surface area (Å²) in [5.41, 5.74) is 4.45. The Bertz CT molecular complexity index is 917. The molecule has 2 heterocycles. The molecule has 0 unspecified atom stereocenters. The van der Waals surface area contributed by atoms with Crippen molar-refractivity contribution in [2.24, 2.45) is 0 Å². The minimum atomic E-state index is -0.368. The normalized spacial score (nSPS) is 19.8. The van der Waals surface area contributed by atoms with Gasteiger partial charge in [-0.25, -0.2) is 0 Å². The first-order valence-electron chi connectivity index (χ1n) is 11.2. The molecule has 7 heteroatoms. The van der Waals surface area contributed by atoms with Gasteiger partial charge in [-0.1, -0.05) is 49.2 Å². The Hall–Kier alpha value is -0.410. The predicted octanol–water partition coefficient (Wildman–Crippen LogP) is 4.29. The van der Waals surface area contributed by atoms with E-state index in [0.717, 1.165) is 61.9 Å². The molecule has 0 aromatic heterocycles. The van der Waals surface area contributed by atoms with Crippen molar-refractivity contribution in [3.63, 3.8) is 0 Å². The van der Waals surface area contributed by atoms with Crippen LogP contribution in [0.25, 0.3) is 0 Å². The monoisotopic (exact) mass is 572 g/mol. The second kappa shape index (κ2) is 9.84. The Labute approximate surface area is 209 Å². The molecule has 0 saturated carbocycles. The molecule has 2 aromatic rings. The molecule has 2 aliphatic rings. The van der Waals surface area contributed by atoms with Crippen molar-refractivity contribution in [1.82, 2.24) is 21.3 Å². The van der Waals surface area contributed by atoms with Crippen LogP contribution in [-0.2, 0) is 25.7 Å². The third kappa shape index (κ3) is 4.39. The fraction of sp³-hybridized carbons (Fsp3) is 0.500. The van der Waals surface area contributed by atoms with Crippen LogP contribution in [0, 0.1) is 3.57 Å². The number of nitrogens with one attached hydrogen (secondary N) is 4. The number of hydrogen-bond acceptors (Lipinski definition) is 4. The molecule has 0 aliphatic carbocycles. The summed E-state index contributed by atoms with van der Waals surface area (Å²) < 4.78 is 1.19. The molecule has 31 heavy (non-hydrogen) atoms. The summed E-state index contributed by atoms with van der Waals surface area (Å²) in [6, 6.07) is 10.4. The fourth-order valence-corrected chi connectivity index (χ4v) is 6.66. The van der Waals surface area contributed by atoms with Crippen molar-refractivity contribution in [2.45, 2.75) is 50.9 Å². The third-order valence-electron chi connectivity index (χ3n) is 6.84. The first kappa shape index (κ1) is 23.7. The molecule has 2 aromatic carbocycles. The minimum Gasteiger partial charge on any atom is -0.295 e. The zero-order valence-electron chi connectivity index (χ0n) is 18.2. The van der Waals surface area contributed by atoms with Crippen molar-refractivity contribution in [3.05, 3.63) is 66.2 Å². The van der Waals surface area contributed by atoms with E-state index in [0.29, 0.717) is 0 Å². The summed E-state index contributed by atoms with van der Waals surface area (Å²) in [6.07, 6.45) is 3.55. The average molecular weight is 573 g/mol. The van der Waals surface area contributed by atoms with Gasteiger partial charge in [0, 0.05) is 52.6 Å². The number of aryl methyl sites for hydroxylation is 1. The summed E-state index contributed by atoms with van der Waals surface area (Å²) in [5.74, 6) is 0. The van der Waals surface area contributed by atoms with Crippen molar-refractivity contribution in [1.29, 1.82) is 0 Å². The molecule has 168 valence electrons. The van der Waals surface area contributed by atoms with Gasteiger partial charge in [-0.3, -0.25) is 21.3 Å². The van der Waals surface area contributed by atoms with Crippen LogP contribution in [0.2, 0.25) is 10.0 Å². The van der Waals surface area contributed by atoms with Gasteiger partial charge in [0.15, 0.2) is 0 Å². The molecule has 0 atom stereocenters. The van der Waals surface area contributed by atoms with Crippen LogP contribution < -0.4 is 21.3 Å². The summed E-state index contributed by atoms with van der Waals surface area (Å²) in [7, 11) is 0. The Morgan fingerprint density at radius 1 is 0.742 bits per heavy atom. The standard InChI is InChI=1S/C24H31Cl2IN4/c1-3-16-8-9-21(26)17(4-2)18(16)14-23(28-10-11-29-23)24(30-12-13-31-24)15-19-20(25)6-5-7-22(19)27/h5-9,28-31H,3-4,10-15H2,1-2H3. The first-order chi connectivity index (χ1) is 15.0. The van der Waals surface area contributed by atoms with Crippen LogP contribution >= 0.6 is 45.8 Å². The van der Waals surface area contributed by atoms with E-state index < -0.39 is 0 Å². The Morgan fingerprint density at radius 3 is 1.81 bits per heavy atom. The summed E-state index contributed by atoms with van der Waals surface area (Å²) in [4.78, 5) is 0. The van der Waals surface area contributed by atoms with Crippen LogP contribution in [0.3, 0.4) is 0 Å². The maximum atomic E-state index is 6.68. The van der Waals surface area contributed by atoms with E-state index in [1.54, 1.807) is 0 Å². The molecule has 4 N–H and O–H groups in total. The van der Waals surface area contributed by atoms with Crippen molar-refractivity contribution >= 4 is 45.8 Å². The topological polar surface area (TPSA) is 48.1 Å². The van der Waals surface area contributed by atoms with Crippen molar-refractivity contribution in [3.8, 4) is 0 Å². The molecule has 2 aliphatic heterocycles. The van der Waals surface area contributed by atoms with Crippen LogP contribution in [0.15, 0.2) is 30.3 Å². The Morgan fingerprint density at radius 2 is 1.29 bits per heavy atom. The van der Waals surface area contributed by atoms with Gasteiger partial charge in [-0.2, -0.15) is 0 Å². The molecule has 2 fully saturated rings. The van der Waals surface area contributed by atoms with Crippen LogP contribution in [-0.4, -0.2) is 37.5 Å². The van der Waals surface area contributed by atoms with Gasteiger partial charge in [0.1, 0.15) is 11.3 Å². The highest BCUT2D eigenvalue weighted by Crippen LogP contribution is 2.36. The van der Waals surface area contributed by atoms with E-state index in [4.69, 9.17) is 23.2 Å². The molecule has 0 amide bonds. The largest absolute Gasteiger partial charge is 0.295 e. The predicted molar refractivity (Wildman–Crippen MR) is 139 cm³/mol. The second-order valence-electron chi connectivity index (χ2n) is 8.44. The molecule has 0 spiro atoms. The Kier molecular flexibility index (Phi) is 7.53. The quantitative estimate of drug-likeness (QED) is 0.374. The maximum Gasteiger partial charge on any atom is 0.106 e. The van der Waals surface area contributed by atoms with E-state index in [1.165, 1.54) is 25.8 Å². The lowest BCUT2D eigenvalue weighted by Crippen LogP contribution is -2.77. The zero-order chi connectivity index (χ0) is 22.1. The number of rotatable bonds is 7. The van der Waals surface area contributed by atoms with Gasteiger partial charge in [-0.15, -0.1) is 0 Å². The van der Waals surface area contributed by atoms with Gasteiger partial charge in [0.05, 0.1) is 0 Å². The summed E-state index contributed by atoms with van der Waals surface area (Å²) >= 11 is 15.7. The lowest BCUT2D eigenvalue weighted by Gasteiger charge is -2.48. The second-order valence-corrected chi connectivity index (χ2v) is 10.4. The highest BCUT2D eigenvalue weighted by molar-refractivity contribution is 14.1. The first-order valence-corrected chi connectivity index (χ1v) is 13.0. The molecule has 4 nitrogen and oxygen atoms in total. The summed E-state index contributed by atoms with van der Waals surface area (Å²) in [5, 5.41) is 17.1.